The molecule has 0 bridgehead atoms. The van der Waals surface area contributed by atoms with Crippen LogP contribution in [0.2, 0.25) is 0 Å². The molecule has 2 amide bonds. The number of rotatable bonds is 6. The molecule has 0 heterocycles. The summed E-state index contributed by atoms with van der Waals surface area (Å²) in [4.78, 5) is 20.2. The summed E-state index contributed by atoms with van der Waals surface area (Å²) in [5, 5.41) is 18.6. The summed E-state index contributed by atoms with van der Waals surface area (Å²) < 4.78 is 0. The first-order valence-electron chi connectivity index (χ1n) is 4.70. The third-order valence-electron chi connectivity index (χ3n) is 1.37. The molecule has 6 nitrogen and oxygen atoms in total. The van der Waals surface area contributed by atoms with Gasteiger partial charge < -0.3 is 10.4 Å². The van der Waals surface area contributed by atoms with E-state index in [1.807, 2.05) is 0 Å². The Balaban J connectivity index is 0. The van der Waals surface area contributed by atoms with Crippen LogP contribution in [-0.4, -0.2) is 35.3 Å². The quantitative estimate of drug-likeness (QED) is 0.219. The lowest BCUT2D eigenvalue weighted by Crippen LogP contribution is -2.21. The zero-order valence-corrected chi connectivity index (χ0v) is 9.11. The molecule has 92 valence electrons. The van der Waals surface area contributed by atoms with Gasteiger partial charge in [0.1, 0.15) is 0 Å². The molecule has 0 atom stereocenters. The number of nitrogens with one attached hydrogen (secondary N) is 2. The van der Waals surface area contributed by atoms with E-state index in [-0.39, 0.29) is 12.5 Å². The van der Waals surface area contributed by atoms with Crippen molar-refractivity contribution in [1.29, 1.82) is 0 Å². The van der Waals surface area contributed by atoms with Crippen LogP contribution in [0.5, 0.6) is 0 Å². The Morgan fingerprint density at radius 1 is 1.12 bits per heavy atom. The largest absolute Gasteiger partial charge is 0.396 e. The molecule has 0 rings (SSSR count). The number of carbonyl (C=O) groups excluding carboxylic acids is 2. The first-order chi connectivity index (χ1) is 7.62. The fraction of sp³-hybridized carbons (Fsp3) is 0.400. The van der Waals surface area contributed by atoms with Crippen molar-refractivity contribution in [1.82, 2.24) is 10.8 Å². The van der Waals surface area contributed by atoms with Gasteiger partial charge in [-0.15, -0.1) is 0 Å². The smallest absolute Gasteiger partial charge is 0.266 e. The van der Waals surface area contributed by atoms with Crippen LogP contribution in [-0.2, 0) is 9.59 Å². The number of hydrogen-bond acceptors (Lipinski definition) is 4. The second-order valence-corrected chi connectivity index (χ2v) is 2.61. The highest BCUT2D eigenvalue weighted by atomic mass is 16.5. The highest BCUT2D eigenvalue weighted by Crippen LogP contribution is 1.83. The van der Waals surface area contributed by atoms with Crippen molar-refractivity contribution in [2.75, 3.05) is 13.2 Å². The second kappa shape index (κ2) is 13.3. The van der Waals surface area contributed by atoms with Crippen LogP contribution >= 0.6 is 0 Å². The first kappa shape index (κ1) is 16.8. The lowest BCUT2D eigenvalue weighted by molar-refractivity contribution is -0.124. The van der Waals surface area contributed by atoms with Gasteiger partial charge in [-0.25, -0.2) is 5.48 Å². The van der Waals surface area contributed by atoms with E-state index < -0.39 is 5.91 Å². The Morgan fingerprint density at radius 2 is 1.69 bits per heavy atom. The highest BCUT2D eigenvalue weighted by molar-refractivity contribution is 5.86. The standard InChI is InChI=1S/C7H13NO2.C3H5NO2/c1-2-7(10)8-5-3-4-6-9;1-2-3(5)4-6/h2,9H,1,3-6H2,(H,8,10);2,6H,1H2,(H,4,5). The maximum atomic E-state index is 10.5. The van der Waals surface area contributed by atoms with Gasteiger partial charge in [0.05, 0.1) is 0 Å². The van der Waals surface area contributed by atoms with Gasteiger partial charge in [0.2, 0.25) is 5.91 Å². The lowest BCUT2D eigenvalue weighted by atomic mass is 10.3. The number of hydrogen-bond donors (Lipinski definition) is 4. The Morgan fingerprint density at radius 3 is 2.00 bits per heavy atom. The molecule has 0 aromatic heterocycles. The maximum absolute atomic E-state index is 10.5. The molecule has 4 N–H and O–H groups in total. The molecule has 0 unspecified atom stereocenters. The molecular formula is C10H18N2O4. The minimum Gasteiger partial charge on any atom is -0.396 e. The number of aliphatic hydroxyl groups is 1. The molecule has 0 saturated carbocycles. The molecule has 0 aromatic rings. The summed E-state index contributed by atoms with van der Waals surface area (Å²) in [5.41, 5.74) is 1.36. The monoisotopic (exact) mass is 230 g/mol. The molecule has 0 aliphatic carbocycles. The van der Waals surface area contributed by atoms with Crippen molar-refractivity contribution in [2.45, 2.75) is 12.8 Å². The van der Waals surface area contributed by atoms with Crippen LogP contribution < -0.4 is 10.8 Å². The molecule has 0 aliphatic heterocycles. The van der Waals surface area contributed by atoms with E-state index in [1.54, 1.807) is 0 Å². The SMILES string of the molecule is C=CC(=O)NCCCCO.C=CC(=O)NO. The summed E-state index contributed by atoms with van der Waals surface area (Å²) >= 11 is 0. The van der Waals surface area contributed by atoms with E-state index in [4.69, 9.17) is 10.3 Å². The Labute approximate surface area is 94.6 Å². The summed E-state index contributed by atoms with van der Waals surface area (Å²) in [5.74, 6) is -0.743. The van der Waals surface area contributed by atoms with Gasteiger partial charge in [-0.2, -0.15) is 0 Å². The van der Waals surface area contributed by atoms with Crippen molar-refractivity contribution >= 4 is 11.8 Å². The van der Waals surface area contributed by atoms with Crippen LogP contribution in [0.1, 0.15) is 12.8 Å². The number of carbonyl (C=O) groups is 2. The lowest BCUT2D eigenvalue weighted by Gasteiger charge is -1.98. The third-order valence-corrected chi connectivity index (χ3v) is 1.37. The summed E-state index contributed by atoms with van der Waals surface area (Å²) in [6, 6.07) is 0. The zero-order valence-electron chi connectivity index (χ0n) is 9.11. The molecule has 0 spiro atoms. The number of unbranched alkanes of at least 4 members (excludes halogenated alkanes) is 1. The zero-order chi connectivity index (χ0) is 12.8. The van der Waals surface area contributed by atoms with Crippen LogP contribution in [0.15, 0.2) is 25.3 Å². The Bertz CT molecular complexity index is 229. The second-order valence-electron chi connectivity index (χ2n) is 2.61. The van der Waals surface area contributed by atoms with Gasteiger partial charge in [-0.05, 0) is 25.0 Å². The molecule has 0 aromatic carbocycles. The van der Waals surface area contributed by atoms with Crippen molar-refractivity contribution in [3.8, 4) is 0 Å². The number of aliphatic hydroxyl groups excluding tert-OH is 1. The highest BCUT2D eigenvalue weighted by Gasteiger charge is 1.90. The minimum atomic E-state index is -0.588. The van der Waals surface area contributed by atoms with E-state index in [2.05, 4.69) is 18.5 Å². The van der Waals surface area contributed by atoms with Gasteiger partial charge in [-0.3, -0.25) is 14.8 Å². The van der Waals surface area contributed by atoms with Crippen LogP contribution in [0.3, 0.4) is 0 Å². The maximum Gasteiger partial charge on any atom is 0.266 e. The topological polar surface area (TPSA) is 98.7 Å². The summed E-state index contributed by atoms with van der Waals surface area (Å²) in [7, 11) is 0. The number of amides is 2. The fourth-order valence-corrected chi connectivity index (χ4v) is 0.566. The van der Waals surface area contributed by atoms with Crippen LogP contribution in [0, 0.1) is 0 Å². The Hall–Kier alpha value is -1.66. The number of hydroxylamine groups is 1. The van der Waals surface area contributed by atoms with Gasteiger partial charge in [0.25, 0.3) is 5.91 Å². The summed E-state index contributed by atoms with van der Waals surface area (Å²) in [6.07, 6.45) is 3.76. The van der Waals surface area contributed by atoms with Gasteiger partial charge in [-0.1, -0.05) is 13.2 Å². The normalized spacial score (nSPS) is 8.12. The van der Waals surface area contributed by atoms with E-state index in [9.17, 15) is 9.59 Å². The first-order valence-corrected chi connectivity index (χ1v) is 4.70. The summed E-state index contributed by atoms with van der Waals surface area (Å²) in [6.45, 7) is 7.16. The van der Waals surface area contributed by atoms with Crippen LogP contribution in [0.4, 0.5) is 0 Å². The van der Waals surface area contributed by atoms with E-state index in [0.717, 1.165) is 18.9 Å². The van der Waals surface area contributed by atoms with Crippen molar-refractivity contribution in [3.05, 3.63) is 25.3 Å². The van der Waals surface area contributed by atoms with Crippen molar-refractivity contribution in [2.24, 2.45) is 0 Å². The molecular weight excluding hydrogens is 212 g/mol. The van der Waals surface area contributed by atoms with E-state index in [1.165, 1.54) is 11.6 Å². The molecule has 16 heavy (non-hydrogen) atoms. The molecule has 0 fully saturated rings. The van der Waals surface area contributed by atoms with Crippen molar-refractivity contribution in [3.63, 3.8) is 0 Å². The molecule has 0 aliphatic rings. The molecule has 0 radical (unpaired) electrons. The van der Waals surface area contributed by atoms with Gasteiger partial charge in [0.15, 0.2) is 0 Å². The van der Waals surface area contributed by atoms with Crippen LogP contribution in [0.25, 0.3) is 0 Å². The Kier molecular flexibility index (Phi) is 14.0. The average Bonchev–Trinajstić information content (AvgIpc) is 2.34. The van der Waals surface area contributed by atoms with Crippen molar-refractivity contribution < 1.29 is 19.9 Å². The minimum absolute atomic E-state index is 0.155. The molecule has 0 saturated heterocycles. The fourth-order valence-electron chi connectivity index (χ4n) is 0.566. The predicted molar refractivity (Wildman–Crippen MR) is 59.7 cm³/mol. The average molecular weight is 230 g/mol. The molecule has 6 heteroatoms. The van der Waals surface area contributed by atoms with E-state index in [0.29, 0.717) is 6.54 Å². The third kappa shape index (κ3) is 14.8. The predicted octanol–water partition coefficient (Wildman–Crippen LogP) is -0.261. The van der Waals surface area contributed by atoms with Gasteiger partial charge >= 0.3 is 0 Å². The van der Waals surface area contributed by atoms with E-state index >= 15 is 0 Å². The van der Waals surface area contributed by atoms with Gasteiger partial charge in [0, 0.05) is 13.2 Å².